The summed E-state index contributed by atoms with van der Waals surface area (Å²) in [6, 6.07) is 5.34. The third-order valence-electron chi connectivity index (χ3n) is 4.55. The van der Waals surface area contributed by atoms with E-state index in [-0.39, 0.29) is 10.6 Å². The van der Waals surface area contributed by atoms with Gasteiger partial charge in [-0.2, -0.15) is 0 Å². The molecule has 0 amide bonds. The van der Waals surface area contributed by atoms with E-state index in [1.54, 1.807) is 6.07 Å². The second kappa shape index (κ2) is 8.64. The van der Waals surface area contributed by atoms with Crippen LogP contribution in [-0.4, -0.2) is 43.0 Å². The average Bonchev–Trinajstić information content (AvgIpc) is 2.53. The molecule has 0 unspecified atom stereocenters. The zero-order valence-electron chi connectivity index (χ0n) is 14.0. The second-order valence-electron chi connectivity index (χ2n) is 6.44. The van der Waals surface area contributed by atoms with E-state index in [1.807, 2.05) is 12.1 Å². The predicted octanol–water partition coefficient (Wildman–Crippen LogP) is 4.31. The van der Waals surface area contributed by atoms with Crippen molar-refractivity contribution in [3.63, 3.8) is 0 Å². The fraction of sp³-hybridized carbons (Fsp3) is 0.647. The normalized spacial score (nSPS) is 16.1. The summed E-state index contributed by atoms with van der Waals surface area (Å²) >= 11 is 3.32. The van der Waals surface area contributed by atoms with Crippen molar-refractivity contribution in [1.82, 2.24) is 4.90 Å². The number of piperidine rings is 1. The monoisotopic (exact) mass is 383 g/mol. The van der Waals surface area contributed by atoms with Gasteiger partial charge in [0, 0.05) is 30.2 Å². The first-order chi connectivity index (χ1) is 11.0. The fourth-order valence-electron chi connectivity index (χ4n) is 3.23. The largest absolute Gasteiger partial charge is 0.366 e. The first-order valence-corrected chi connectivity index (χ1v) is 9.18. The minimum Gasteiger partial charge on any atom is -0.366 e. The maximum atomic E-state index is 11.3. The molecule has 1 aliphatic rings. The van der Waals surface area contributed by atoms with Gasteiger partial charge in [-0.15, -0.1) is 0 Å². The lowest BCUT2D eigenvalue weighted by Gasteiger charge is -2.35. The Hall–Kier alpha value is -1.14. The Balaban J connectivity index is 1.93. The van der Waals surface area contributed by atoms with Crippen LogP contribution in [-0.2, 0) is 0 Å². The van der Waals surface area contributed by atoms with E-state index in [0.717, 1.165) is 49.2 Å². The molecule has 1 fully saturated rings. The van der Waals surface area contributed by atoms with Crippen molar-refractivity contribution in [2.45, 2.75) is 32.6 Å². The van der Waals surface area contributed by atoms with E-state index in [1.165, 1.54) is 12.8 Å². The number of rotatable bonds is 7. The molecule has 1 heterocycles. The smallest absolute Gasteiger partial charge is 0.293 e. The maximum absolute atomic E-state index is 11.3. The summed E-state index contributed by atoms with van der Waals surface area (Å²) in [4.78, 5) is 15.6. The van der Waals surface area contributed by atoms with Crippen molar-refractivity contribution >= 4 is 27.3 Å². The second-order valence-corrected chi connectivity index (χ2v) is 7.35. The van der Waals surface area contributed by atoms with Gasteiger partial charge in [-0.1, -0.05) is 29.3 Å². The highest BCUT2D eigenvalue weighted by molar-refractivity contribution is 9.10. The molecular weight excluding hydrogens is 358 g/mol. The molecule has 1 saturated heterocycles. The van der Waals surface area contributed by atoms with Crippen molar-refractivity contribution in [3.05, 3.63) is 32.8 Å². The number of halogens is 1. The molecule has 0 radical (unpaired) electrons. The number of nitrogens with zero attached hydrogens (tertiary/aromatic N) is 3. The first kappa shape index (κ1) is 18.2. The number of nitro benzene ring substituents is 1. The lowest BCUT2D eigenvalue weighted by Crippen LogP contribution is -2.38. The minimum atomic E-state index is -0.287. The van der Waals surface area contributed by atoms with Gasteiger partial charge in [-0.3, -0.25) is 10.1 Å². The lowest BCUT2D eigenvalue weighted by molar-refractivity contribution is -0.384. The molecule has 0 N–H and O–H groups in total. The van der Waals surface area contributed by atoms with Crippen LogP contribution in [0.3, 0.4) is 0 Å². The first-order valence-electron chi connectivity index (χ1n) is 8.38. The molecule has 128 valence electrons. The van der Waals surface area contributed by atoms with Gasteiger partial charge >= 0.3 is 0 Å². The van der Waals surface area contributed by atoms with Crippen LogP contribution in [0.5, 0.6) is 0 Å². The summed E-state index contributed by atoms with van der Waals surface area (Å²) in [7, 11) is 2.20. The molecule has 1 aromatic carbocycles. The zero-order chi connectivity index (χ0) is 16.8. The Morgan fingerprint density at radius 3 is 2.70 bits per heavy atom. The van der Waals surface area contributed by atoms with E-state index in [0.29, 0.717) is 5.92 Å². The van der Waals surface area contributed by atoms with Crippen LogP contribution >= 0.6 is 15.9 Å². The summed E-state index contributed by atoms with van der Waals surface area (Å²) in [6.07, 6.45) is 4.68. The van der Waals surface area contributed by atoms with Crippen molar-refractivity contribution < 1.29 is 4.92 Å². The average molecular weight is 384 g/mol. The predicted molar refractivity (Wildman–Crippen MR) is 98.1 cm³/mol. The minimum absolute atomic E-state index is 0.192. The van der Waals surface area contributed by atoms with Crippen LogP contribution in [0.4, 0.5) is 11.4 Å². The highest BCUT2D eigenvalue weighted by Gasteiger charge is 2.25. The summed E-state index contributed by atoms with van der Waals surface area (Å²) < 4.78 is 0.750. The highest BCUT2D eigenvalue weighted by Crippen LogP contribution is 2.33. The van der Waals surface area contributed by atoms with Crippen LogP contribution in [0.2, 0.25) is 0 Å². The standard InChI is InChI=1S/C17H26BrN3O2/c1-3-4-9-19(2)13-14-7-10-20(11-8-14)16-6-5-15(18)12-17(16)21(22)23/h5-6,12,14H,3-4,7-11,13H2,1-2H3. The Morgan fingerprint density at radius 2 is 2.09 bits per heavy atom. The number of unbranched alkanes of at least 4 members (excludes halogenated alkanes) is 1. The molecule has 23 heavy (non-hydrogen) atoms. The summed E-state index contributed by atoms with van der Waals surface area (Å²) in [5.74, 6) is 0.697. The van der Waals surface area contributed by atoms with Gasteiger partial charge in [0.1, 0.15) is 5.69 Å². The fourth-order valence-corrected chi connectivity index (χ4v) is 3.58. The van der Waals surface area contributed by atoms with Crippen LogP contribution in [0.1, 0.15) is 32.6 Å². The lowest BCUT2D eigenvalue weighted by atomic mass is 9.95. The number of nitro groups is 1. The SMILES string of the molecule is CCCCN(C)CC1CCN(c2ccc(Br)cc2[N+](=O)[O-])CC1. The molecule has 6 heteroatoms. The van der Waals surface area contributed by atoms with Crippen molar-refractivity contribution in [2.75, 3.05) is 38.1 Å². The third kappa shape index (κ3) is 5.18. The summed E-state index contributed by atoms with van der Waals surface area (Å²) in [6.45, 7) is 6.31. The van der Waals surface area contributed by atoms with Gasteiger partial charge in [-0.05, 0) is 50.9 Å². The van der Waals surface area contributed by atoms with Gasteiger partial charge in [-0.25, -0.2) is 0 Å². The Kier molecular flexibility index (Phi) is 6.84. The third-order valence-corrected chi connectivity index (χ3v) is 5.05. The molecule has 1 aliphatic heterocycles. The summed E-state index contributed by atoms with van der Waals surface area (Å²) in [5.41, 5.74) is 0.939. The van der Waals surface area contributed by atoms with Gasteiger partial charge in [0.15, 0.2) is 0 Å². The van der Waals surface area contributed by atoms with E-state index >= 15 is 0 Å². The van der Waals surface area contributed by atoms with Crippen LogP contribution in [0.25, 0.3) is 0 Å². The molecule has 0 atom stereocenters. The zero-order valence-corrected chi connectivity index (χ0v) is 15.6. The molecule has 5 nitrogen and oxygen atoms in total. The van der Waals surface area contributed by atoms with E-state index < -0.39 is 0 Å². The van der Waals surface area contributed by atoms with Gasteiger partial charge in [0.05, 0.1) is 4.92 Å². The van der Waals surface area contributed by atoms with Crippen LogP contribution < -0.4 is 4.90 Å². The molecule has 0 spiro atoms. The van der Waals surface area contributed by atoms with Gasteiger partial charge in [0.25, 0.3) is 5.69 Å². The van der Waals surface area contributed by atoms with Crippen LogP contribution in [0, 0.1) is 16.0 Å². The molecular formula is C17H26BrN3O2. The Morgan fingerprint density at radius 1 is 1.39 bits per heavy atom. The Labute approximate surface area is 146 Å². The van der Waals surface area contributed by atoms with Crippen molar-refractivity contribution in [1.29, 1.82) is 0 Å². The Bertz CT molecular complexity index is 531. The maximum Gasteiger partial charge on any atom is 0.293 e. The number of anilines is 1. The van der Waals surface area contributed by atoms with Gasteiger partial charge < -0.3 is 9.80 Å². The molecule has 0 bridgehead atoms. The topological polar surface area (TPSA) is 49.6 Å². The van der Waals surface area contributed by atoms with Crippen molar-refractivity contribution in [3.8, 4) is 0 Å². The van der Waals surface area contributed by atoms with E-state index in [4.69, 9.17) is 0 Å². The molecule has 2 rings (SSSR count). The highest BCUT2D eigenvalue weighted by atomic mass is 79.9. The molecule has 0 aliphatic carbocycles. The van der Waals surface area contributed by atoms with E-state index in [2.05, 4.69) is 39.7 Å². The van der Waals surface area contributed by atoms with E-state index in [9.17, 15) is 10.1 Å². The quantitative estimate of drug-likeness (QED) is 0.519. The number of hydrogen-bond donors (Lipinski definition) is 0. The van der Waals surface area contributed by atoms with Crippen LogP contribution in [0.15, 0.2) is 22.7 Å². The molecule has 0 aromatic heterocycles. The number of hydrogen-bond acceptors (Lipinski definition) is 4. The van der Waals surface area contributed by atoms with Crippen molar-refractivity contribution in [2.24, 2.45) is 5.92 Å². The van der Waals surface area contributed by atoms with Gasteiger partial charge in [0.2, 0.25) is 0 Å². The molecule has 0 saturated carbocycles. The summed E-state index contributed by atoms with van der Waals surface area (Å²) in [5, 5.41) is 11.3. The number of benzene rings is 1. The molecule has 1 aromatic rings.